The van der Waals surface area contributed by atoms with Gasteiger partial charge in [-0.05, 0) is 12.1 Å². The van der Waals surface area contributed by atoms with Gasteiger partial charge < -0.3 is 15.4 Å². The maximum Gasteiger partial charge on any atom is 0.234 e. The summed E-state index contributed by atoms with van der Waals surface area (Å²) < 4.78 is 4.83. The molecule has 0 aliphatic rings. The van der Waals surface area contributed by atoms with Crippen LogP contribution in [0.3, 0.4) is 0 Å². The van der Waals surface area contributed by atoms with Gasteiger partial charge in [0.05, 0.1) is 13.2 Å². The van der Waals surface area contributed by atoms with Crippen molar-refractivity contribution in [2.24, 2.45) is 0 Å². The zero-order chi connectivity index (χ0) is 13.4. The molecule has 0 saturated carbocycles. The van der Waals surface area contributed by atoms with Gasteiger partial charge in [0.25, 0.3) is 0 Å². The molecule has 0 aliphatic heterocycles. The number of carbonyl (C=O) groups excluding carboxylic acids is 1. The van der Waals surface area contributed by atoms with Gasteiger partial charge in [-0.1, -0.05) is 29.3 Å². The molecular weight excluding hydrogens is 275 g/mol. The van der Waals surface area contributed by atoms with Crippen molar-refractivity contribution < 1.29 is 9.53 Å². The van der Waals surface area contributed by atoms with Crippen molar-refractivity contribution in [3.05, 3.63) is 33.8 Å². The van der Waals surface area contributed by atoms with Crippen LogP contribution in [0.5, 0.6) is 0 Å². The van der Waals surface area contributed by atoms with E-state index in [9.17, 15) is 4.79 Å². The third-order valence-corrected chi connectivity index (χ3v) is 2.99. The number of carbonyl (C=O) groups is 1. The third kappa shape index (κ3) is 5.23. The van der Waals surface area contributed by atoms with Crippen LogP contribution in [0, 0.1) is 0 Å². The van der Waals surface area contributed by atoms with E-state index in [0.717, 1.165) is 5.56 Å². The second kappa shape index (κ2) is 8.32. The van der Waals surface area contributed by atoms with E-state index in [0.29, 0.717) is 29.7 Å². The van der Waals surface area contributed by atoms with Crippen molar-refractivity contribution in [3.63, 3.8) is 0 Å². The molecule has 0 spiro atoms. The predicted molar refractivity (Wildman–Crippen MR) is 73.1 cm³/mol. The lowest BCUT2D eigenvalue weighted by atomic mass is 10.2. The van der Waals surface area contributed by atoms with Crippen LogP contribution in [0.25, 0.3) is 0 Å². The summed E-state index contributed by atoms with van der Waals surface area (Å²) in [6.07, 6.45) is 0. The Morgan fingerprint density at radius 1 is 1.33 bits per heavy atom. The molecule has 100 valence electrons. The minimum atomic E-state index is -0.0878. The van der Waals surface area contributed by atoms with Crippen LogP contribution in [-0.2, 0) is 16.1 Å². The second-order valence-electron chi connectivity index (χ2n) is 3.65. The van der Waals surface area contributed by atoms with Crippen LogP contribution < -0.4 is 10.6 Å². The van der Waals surface area contributed by atoms with E-state index in [2.05, 4.69) is 10.6 Å². The number of hydrogen-bond acceptors (Lipinski definition) is 3. The van der Waals surface area contributed by atoms with Gasteiger partial charge >= 0.3 is 0 Å². The maximum absolute atomic E-state index is 11.4. The second-order valence-corrected chi connectivity index (χ2v) is 4.46. The maximum atomic E-state index is 11.4. The fourth-order valence-electron chi connectivity index (χ4n) is 1.36. The van der Waals surface area contributed by atoms with Crippen molar-refractivity contribution in [2.45, 2.75) is 6.54 Å². The molecule has 0 bridgehead atoms. The number of halogens is 2. The first kappa shape index (κ1) is 15.2. The molecule has 2 N–H and O–H groups in total. The lowest BCUT2D eigenvalue weighted by molar-refractivity contribution is -0.120. The average molecular weight is 291 g/mol. The molecule has 0 aliphatic carbocycles. The number of ether oxygens (including phenoxy) is 1. The largest absolute Gasteiger partial charge is 0.383 e. The van der Waals surface area contributed by atoms with E-state index < -0.39 is 0 Å². The lowest BCUT2D eigenvalue weighted by Crippen LogP contribution is -2.35. The summed E-state index contributed by atoms with van der Waals surface area (Å²) in [5, 5.41) is 6.88. The first-order valence-electron chi connectivity index (χ1n) is 5.54. The first-order valence-corrected chi connectivity index (χ1v) is 6.30. The van der Waals surface area contributed by atoms with Gasteiger partial charge in [-0.25, -0.2) is 0 Å². The normalized spacial score (nSPS) is 10.4. The Morgan fingerprint density at radius 2 is 2.00 bits per heavy atom. The Hall–Kier alpha value is -0.810. The molecule has 6 heteroatoms. The Kier molecular flexibility index (Phi) is 7.05. The molecule has 0 aromatic heterocycles. The number of amides is 1. The van der Waals surface area contributed by atoms with E-state index in [-0.39, 0.29) is 12.5 Å². The monoisotopic (exact) mass is 290 g/mol. The zero-order valence-corrected chi connectivity index (χ0v) is 11.6. The molecular formula is C12H16Cl2N2O2. The number of nitrogens with one attached hydrogen (secondary N) is 2. The van der Waals surface area contributed by atoms with Crippen molar-refractivity contribution >= 4 is 29.1 Å². The standard InChI is InChI=1S/C12H16Cl2N2O2/c1-18-6-5-16-12(17)8-15-7-9-10(13)3-2-4-11(9)14/h2-4,15H,5-8H2,1H3,(H,16,17). The molecule has 0 radical (unpaired) electrons. The molecule has 1 aromatic carbocycles. The topological polar surface area (TPSA) is 50.4 Å². The van der Waals surface area contributed by atoms with E-state index >= 15 is 0 Å². The summed E-state index contributed by atoms with van der Waals surface area (Å²) in [5.74, 6) is -0.0878. The quantitative estimate of drug-likeness (QED) is 0.754. The smallest absolute Gasteiger partial charge is 0.234 e. The van der Waals surface area contributed by atoms with Gasteiger partial charge in [-0.2, -0.15) is 0 Å². The number of methoxy groups -OCH3 is 1. The number of rotatable bonds is 7. The zero-order valence-electron chi connectivity index (χ0n) is 10.1. The summed E-state index contributed by atoms with van der Waals surface area (Å²) >= 11 is 12.0. The highest BCUT2D eigenvalue weighted by Crippen LogP contribution is 2.23. The van der Waals surface area contributed by atoms with E-state index in [1.165, 1.54) is 0 Å². The van der Waals surface area contributed by atoms with Gasteiger partial charge in [-0.15, -0.1) is 0 Å². The Morgan fingerprint density at radius 3 is 2.61 bits per heavy atom. The molecule has 18 heavy (non-hydrogen) atoms. The molecule has 0 unspecified atom stereocenters. The van der Waals surface area contributed by atoms with E-state index in [1.54, 1.807) is 25.3 Å². The van der Waals surface area contributed by atoms with E-state index in [4.69, 9.17) is 27.9 Å². The summed E-state index contributed by atoms with van der Waals surface area (Å²) in [6.45, 7) is 1.67. The predicted octanol–water partition coefficient (Wildman–Crippen LogP) is 1.85. The summed E-state index contributed by atoms with van der Waals surface area (Å²) in [5.41, 5.74) is 0.797. The Bertz CT molecular complexity index is 379. The van der Waals surface area contributed by atoms with Crippen LogP contribution in [-0.4, -0.2) is 32.7 Å². The van der Waals surface area contributed by atoms with Crippen LogP contribution in [0.4, 0.5) is 0 Å². The highest BCUT2D eigenvalue weighted by molar-refractivity contribution is 6.35. The van der Waals surface area contributed by atoms with Crippen molar-refractivity contribution in [2.75, 3.05) is 26.8 Å². The third-order valence-electron chi connectivity index (χ3n) is 2.28. The van der Waals surface area contributed by atoms with E-state index in [1.807, 2.05) is 0 Å². The van der Waals surface area contributed by atoms with Crippen LogP contribution in [0.15, 0.2) is 18.2 Å². The summed E-state index contributed by atoms with van der Waals surface area (Å²) in [6, 6.07) is 5.32. The minimum absolute atomic E-state index is 0.0878. The number of benzene rings is 1. The van der Waals surface area contributed by atoms with Crippen molar-refractivity contribution in [1.29, 1.82) is 0 Å². The average Bonchev–Trinajstić information content (AvgIpc) is 2.33. The highest BCUT2D eigenvalue weighted by atomic mass is 35.5. The fraction of sp³-hybridized carbons (Fsp3) is 0.417. The molecule has 0 saturated heterocycles. The first-order chi connectivity index (χ1) is 8.65. The highest BCUT2D eigenvalue weighted by Gasteiger charge is 2.06. The molecule has 0 heterocycles. The van der Waals surface area contributed by atoms with Gasteiger partial charge in [-0.3, -0.25) is 4.79 Å². The SMILES string of the molecule is COCCNC(=O)CNCc1c(Cl)cccc1Cl. The number of hydrogen-bond donors (Lipinski definition) is 2. The van der Waals surface area contributed by atoms with Crippen LogP contribution >= 0.6 is 23.2 Å². The Balaban J connectivity index is 2.31. The van der Waals surface area contributed by atoms with Gasteiger partial charge in [0.2, 0.25) is 5.91 Å². The van der Waals surface area contributed by atoms with Crippen molar-refractivity contribution in [3.8, 4) is 0 Å². The van der Waals surface area contributed by atoms with Crippen LogP contribution in [0.1, 0.15) is 5.56 Å². The molecule has 0 fully saturated rings. The van der Waals surface area contributed by atoms with Crippen molar-refractivity contribution in [1.82, 2.24) is 10.6 Å². The fourth-order valence-corrected chi connectivity index (χ4v) is 1.89. The molecule has 4 nitrogen and oxygen atoms in total. The van der Waals surface area contributed by atoms with Gasteiger partial charge in [0.15, 0.2) is 0 Å². The van der Waals surface area contributed by atoms with Gasteiger partial charge in [0.1, 0.15) is 0 Å². The molecule has 1 amide bonds. The molecule has 0 atom stereocenters. The van der Waals surface area contributed by atoms with Crippen LogP contribution in [0.2, 0.25) is 10.0 Å². The molecule has 1 rings (SSSR count). The molecule has 1 aromatic rings. The lowest BCUT2D eigenvalue weighted by Gasteiger charge is -2.09. The summed E-state index contributed by atoms with van der Waals surface area (Å²) in [4.78, 5) is 11.4. The minimum Gasteiger partial charge on any atom is -0.383 e. The van der Waals surface area contributed by atoms with Gasteiger partial charge in [0, 0.05) is 35.8 Å². The summed E-state index contributed by atoms with van der Waals surface area (Å²) in [7, 11) is 1.59. The Labute approximate surface area is 117 Å².